The van der Waals surface area contributed by atoms with Crippen molar-refractivity contribution in [1.82, 2.24) is 10.2 Å². The van der Waals surface area contributed by atoms with Gasteiger partial charge in [-0.3, -0.25) is 5.32 Å². The van der Waals surface area contributed by atoms with Crippen LogP contribution in [0.4, 0.5) is 0 Å². The minimum absolute atomic E-state index is 0.0134. The summed E-state index contributed by atoms with van der Waals surface area (Å²) >= 11 is 0. The molecule has 0 aromatic heterocycles. The first-order valence-electron chi connectivity index (χ1n) is 7.13. The Labute approximate surface area is 106 Å². The molecule has 2 heterocycles. The van der Waals surface area contributed by atoms with Crippen LogP contribution in [0.3, 0.4) is 0 Å². The maximum Gasteiger partial charge on any atom is 0.118 e. The maximum absolute atomic E-state index is 6.19. The van der Waals surface area contributed by atoms with Crippen molar-refractivity contribution in [3.05, 3.63) is 0 Å². The highest BCUT2D eigenvalue weighted by atomic mass is 16.5. The lowest BCUT2D eigenvalue weighted by Gasteiger charge is -2.39. The number of nitrogens with one attached hydrogen (secondary N) is 1. The SMILES string of the molecule is CCN1CCCCC1CC1(C)NCC(C)(C)O1. The van der Waals surface area contributed by atoms with Crippen LogP contribution in [0.5, 0.6) is 0 Å². The third-order valence-electron chi connectivity index (χ3n) is 4.17. The van der Waals surface area contributed by atoms with Crippen molar-refractivity contribution in [2.24, 2.45) is 0 Å². The second kappa shape index (κ2) is 4.87. The van der Waals surface area contributed by atoms with E-state index in [1.165, 1.54) is 32.4 Å². The van der Waals surface area contributed by atoms with Crippen molar-refractivity contribution in [2.75, 3.05) is 19.6 Å². The molecular weight excluding hydrogens is 212 g/mol. The topological polar surface area (TPSA) is 24.5 Å². The molecule has 3 heteroatoms. The maximum atomic E-state index is 6.19. The number of piperidine rings is 1. The van der Waals surface area contributed by atoms with E-state index < -0.39 is 0 Å². The van der Waals surface area contributed by atoms with Crippen molar-refractivity contribution >= 4 is 0 Å². The minimum Gasteiger partial charge on any atom is -0.354 e. The molecular formula is C14H28N2O. The molecule has 2 aliphatic rings. The molecule has 2 rings (SSSR count). The van der Waals surface area contributed by atoms with Gasteiger partial charge >= 0.3 is 0 Å². The van der Waals surface area contributed by atoms with Gasteiger partial charge in [0.15, 0.2) is 0 Å². The van der Waals surface area contributed by atoms with Crippen molar-refractivity contribution in [2.45, 2.75) is 70.7 Å². The van der Waals surface area contributed by atoms with Gasteiger partial charge in [-0.15, -0.1) is 0 Å². The summed E-state index contributed by atoms with van der Waals surface area (Å²) in [6.07, 6.45) is 5.18. The van der Waals surface area contributed by atoms with Crippen molar-refractivity contribution < 1.29 is 4.74 Å². The highest BCUT2D eigenvalue weighted by molar-refractivity contribution is 4.93. The number of rotatable bonds is 3. The second-order valence-electron chi connectivity index (χ2n) is 6.43. The molecule has 0 aromatic rings. The summed E-state index contributed by atoms with van der Waals surface area (Å²) in [6, 6.07) is 0.695. The van der Waals surface area contributed by atoms with E-state index in [2.05, 4.69) is 37.9 Å². The molecule has 1 N–H and O–H groups in total. The molecule has 0 bridgehead atoms. The third-order valence-corrected chi connectivity index (χ3v) is 4.17. The molecule has 2 unspecified atom stereocenters. The van der Waals surface area contributed by atoms with Crippen LogP contribution < -0.4 is 5.32 Å². The van der Waals surface area contributed by atoms with Gasteiger partial charge in [-0.25, -0.2) is 0 Å². The number of likely N-dealkylation sites (tertiary alicyclic amines) is 1. The monoisotopic (exact) mass is 240 g/mol. The summed E-state index contributed by atoms with van der Waals surface area (Å²) in [5.41, 5.74) is -0.139. The molecule has 2 aliphatic heterocycles. The predicted molar refractivity (Wildman–Crippen MR) is 71.1 cm³/mol. The van der Waals surface area contributed by atoms with Gasteiger partial charge in [-0.2, -0.15) is 0 Å². The Morgan fingerprint density at radius 2 is 2.06 bits per heavy atom. The Bertz CT molecular complexity index is 267. The van der Waals surface area contributed by atoms with Crippen LogP contribution in [0, 0.1) is 0 Å². The Morgan fingerprint density at radius 1 is 1.29 bits per heavy atom. The Hall–Kier alpha value is -0.120. The first-order chi connectivity index (χ1) is 7.94. The molecule has 2 fully saturated rings. The highest BCUT2D eigenvalue weighted by Crippen LogP contribution is 2.32. The van der Waals surface area contributed by atoms with Crippen molar-refractivity contribution in [3.8, 4) is 0 Å². The number of hydrogen-bond acceptors (Lipinski definition) is 3. The zero-order valence-corrected chi connectivity index (χ0v) is 11.9. The largest absolute Gasteiger partial charge is 0.354 e. The standard InChI is InChI=1S/C14H28N2O/c1-5-16-9-7-6-8-12(16)10-14(4)15-11-13(2,3)17-14/h12,15H,5-11H2,1-4H3. The Morgan fingerprint density at radius 3 is 2.65 bits per heavy atom. The smallest absolute Gasteiger partial charge is 0.118 e. The molecule has 17 heavy (non-hydrogen) atoms. The zero-order chi connectivity index (χ0) is 12.5. The second-order valence-corrected chi connectivity index (χ2v) is 6.43. The lowest BCUT2D eigenvalue weighted by Crippen LogP contribution is -2.48. The summed E-state index contributed by atoms with van der Waals surface area (Å²) in [6.45, 7) is 12.2. The third kappa shape index (κ3) is 3.21. The minimum atomic E-state index is -0.126. The van der Waals surface area contributed by atoms with Crippen LogP contribution in [-0.2, 0) is 4.74 Å². The van der Waals surface area contributed by atoms with E-state index in [9.17, 15) is 0 Å². The molecule has 2 atom stereocenters. The molecule has 100 valence electrons. The summed E-state index contributed by atoms with van der Waals surface area (Å²) in [4.78, 5) is 2.62. The van der Waals surface area contributed by atoms with Crippen LogP contribution in [0.1, 0.15) is 53.4 Å². The van der Waals surface area contributed by atoms with E-state index >= 15 is 0 Å². The molecule has 3 nitrogen and oxygen atoms in total. The van der Waals surface area contributed by atoms with Crippen LogP contribution in [0.25, 0.3) is 0 Å². The Kier molecular flexibility index (Phi) is 3.81. The van der Waals surface area contributed by atoms with Crippen LogP contribution in [-0.4, -0.2) is 41.9 Å². The zero-order valence-electron chi connectivity index (χ0n) is 11.9. The molecule has 0 amide bonds. The quantitative estimate of drug-likeness (QED) is 0.819. The van der Waals surface area contributed by atoms with Gasteiger partial charge in [-0.05, 0) is 46.7 Å². The highest BCUT2D eigenvalue weighted by Gasteiger charge is 2.42. The average Bonchev–Trinajstić information content (AvgIpc) is 2.53. The fourth-order valence-corrected chi connectivity index (χ4v) is 3.35. The van der Waals surface area contributed by atoms with E-state index in [-0.39, 0.29) is 11.3 Å². The lowest BCUT2D eigenvalue weighted by molar-refractivity contribution is -0.0965. The molecule has 0 aliphatic carbocycles. The first-order valence-corrected chi connectivity index (χ1v) is 7.13. The predicted octanol–water partition coefficient (Wildman–Crippen LogP) is 2.37. The number of ether oxygens (including phenoxy) is 1. The fourth-order valence-electron chi connectivity index (χ4n) is 3.35. The van der Waals surface area contributed by atoms with Gasteiger partial charge < -0.3 is 9.64 Å². The van der Waals surface area contributed by atoms with E-state index in [0.717, 1.165) is 13.0 Å². The van der Waals surface area contributed by atoms with E-state index in [1.54, 1.807) is 0 Å². The van der Waals surface area contributed by atoms with Gasteiger partial charge in [-0.1, -0.05) is 13.3 Å². The van der Waals surface area contributed by atoms with Crippen molar-refractivity contribution in [3.63, 3.8) is 0 Å². The van der Waals surface area contributed by atoms with E-state index in [4.69, 9.17) is 4.74 Å². The normalized spacial score (nSPS) is 38.5. The molecule has 2 saturated heterocycles. The van der Waals surface area contributed by atoms with Crippen LogP contribution in [0.2, 0.25) is 0 Å². The summed E-state index contributed by atoms with van der Waals surface area (Å²) in [5, 5.41) is 3.57. The molecule has 0 aromatic carbocycles. The number of nitrogens with zero attached hydrogens (tertiary/aromatic N) is 1. The van der Waals surface area contributed by atoms with Gasteiger partial charge in [0.25, 0.3) is 0 Å². The van der Waals surface area contributed by atoms with E-state index in [1.807, 2.05) is 0 Å². The molecule has 0 radical (unpaired) electrons. The van der Waals surface area contributed by atoms with Gasteiger partial charge in [0, 0.05) is 19.0 Å². The fraction of sp³-hybridized carbons (Fsp3) is 1.00. The van der Waals surface area contributed by atoms with Gasteiger partial charge in [0.05, 0.1) is 5.60 Å². The number of hydrogen-bond donors (Lipinski definition) is 1. The molecule has 0 spiro atoms. The Balaban J connectivity index is 1.95. The average molecular weight is 240 g/mol. The lowest BCUT2D eigenvalue weighted by atomic mass is 9.95. The van der Waals surface area contributed by atoms with E-state index in [0.29, 0.717) is 6.04 Å². The summed E-state index contributed by atoms with van der Waals surface area (Å²) in [7, 11) is 0. The van der Waals surface area contributed by atoms with Gasteiger partial charge in [0.1, 0.15) is 5.72 Å². The summed E-state index contributed by atoms with van der Waals surface area (Å²) < 4.78 is 6.19. The first kappa shape index (κ1) is 13.3. The summed E-state index contributed by atoms with van der Waals surface area (Å²) in [5.74, 6) is 0. The van der Waals surface area contributed by atoms with Crippen molar-refractivity contribution in [1.29, 1.82) is 0 Å². The van der Waals surface area contributed by atoms with Crippen LogP contribution in [0.15, 0.2) is 0 Å². The van der Waals surface area contributed by atoms with Crippen LogP contribution >= 0.6 is 0 Å². The molecule has 0 saturated carbocycles. The van der Waals surface area contributed by atoms with Gasteiger partial charge in [0.2, 0.25) is 0 Å².